The van der Waals surface area contributed by atoms with Crippen molar-refractivity contribution in [2.75, 3.05) is 6.54 Å². The van der Waals surface area contributed by atoms with Gasteiger partial charge in [0.1, 0.15) is 0 Å². The quantitative estimate of drug-likeness (QED) is 0.418. The van der Waals surface area contributed by atoms with E-state index in [1.165, 1.54) is 0 Å². The Bertz CT molecular complexity index is 28.1. The van der Waals surface area contributed by atoms with Crippen molar-refractivity contribution >= 4 is 7.64 Å². The molecule has 0 amide bonds. The summed E-state index contributed by atoms with van der Waals surface area (Å²) in [6.07, 6.45) is 1.11. The second kappa shape index (κ2) is 3.86. The fourth-order valence-corrected chi connectivity index (χ4v) is 0.158. The van der Waals surface area contributed by atoms with Gasteiger partial charge in [-0.3, -0.25) is 0 Å². The number of hydrogen-bond donors (Lipinski definition) is 0. The zero-order chi connectivity index (χ0) is 4.12. The van der Waals surface area contributed by atoms with Crippen LogP contribution < -0.4 is 0 Å². The molecule has 0 saturated carbocycles. The molecule has 5 heavy (non-hydrogen) atoms. The van der Waals surface area contributed by atoms with Crippen LogP contribution in [0.15, 0.2) is 4.90 Å². The van der Waals surface area contributed by atoms with Crippen LogP contribution in [0.4, 0.5) is 0 Å². The zero-order valence-electron chi connectivity index (χ0n) is 3.57. The van der Waals surface area contributed by atoms with Gasteiger partial charge in [-0.2, -0.15) is 0 Å². The SMILES string of the molecule is B=NCCC. The Hall–Kier alpha value is -0.135. The van der Waals surface area contributed by atoms with Crippen LogP contribution in [0, 0.1) is 0 Å². The van der Waals surface area contributed by atoms with Crippen molar-refractivity contribution in [2.45, 2.75) is 13.3 Å². The van der Waals surface area contributed by atoms with Gasteiger partial charge in [-0.15, -0.1) is 0 Å². The molecule has 28 valence electrons. The molecule has 0 aliphatic rings. The molecule has 0 atom stereocenters. The molecule has 0 heterocycles. The van der Waals surface area contributed by atoms with Gasteiger partial charge in [0, 0.05) is 0 Å². The summed E-state index contributed by atoms with van der Waals surface area (Å²) in [6, 6.07) is 0. The third kappa shape index (κ3) is 3.86. The first-order valence-corrected chi connectivity index (χ1v) is 1.84. The number of rotatable bonds is 2. The Morgan fingerprint density at radius 1 is 1.80 bits per heavy atom. The molecule has 2 heteroatoms. The van der Waals surface area contributed by atoms with Gasteiger partial charge in [0.25, 0.3) is 0 Å². The molecule has 0 fully saturated rings. The molecule has 0 saturated heterocycles. The predicted octanol–water partition coefficient (Wildman–Crippen LogP) is 0.481. The molecule has 0 aliphatic heterocycles. The van der Waals surface area contributed by atoms with Crippen LogP contribution in [0.2, 0.25) is 0 Å². The molecule has 1 nitrogen and oxygen atoms in total. The van der Waals surface area contributed by atoms with Crippen molar-refractivity contribution in [2.24, 2.45) is 4.90 Å². The van der Waals surface area contributed by atoms with Gasteiger partial charge in [0.2, 0.25) is 0 Å². The predicted molar refractivity (Wildman–Crippen MR) is 24.7 cm³/mol. The van der Waals surface area contributed by atoms with Gasteiger partial charge in [-0.25, -0.2) is 0 Å². The monoisotopic (exact) mass is 69.1 g/mol. The van der Waals surface area contributed by atoms with E-state index in [1.54, 1.807) is 0 Å². The van der Waals surface area contributed by atoms with Crippen LogP contribution in [0.25, 0.3) is 0 Å². The number of nitrogens with zero attached hydrogens (tertiary/aromatic N) is 1. The van der Waals surface area contributed by atoms with Gasteiger partial charge in [0.15, 0.2) is 0 Å². The Morgan fingerprint density at radius 3 is 2.40 bits per heavy atom. The Morgan fingerprint density at radius 2 is 2.40 bits per heavy atom. The van der Waals surface area contributed by atoms with E-state index in [0.29, 0.717) is 0 Å². The summed E-state index contributed by atoms with van der Waals surface area (Å²) in [7, 11) is 3.30. The van der Waals surface area contributed by atoms with E-state index in [2.05, 4.69) is 19.5 Å². The molecule has 0 unspecified atom stereocenters. The van der Waals surface area contributed by atoms with Crippen molar-refractivity contribution in [1.82, 2.24) is 0 Å². The fourth-order valence-electron chi connectivity index (χ4n) is 0.158. The molecule has 0 aliphatic carbocycles. The van der Waals surface area contributed by atoms with Crippen molar-refractivity contribution < 1.29 is 0 Å². The average molecular weight is 68.9 g/mol. The first-order valence-electron chi connectivity index (χ1n) is 1.84. The van der Waals surface area contributed by atoms with E-state index in [1.807, 2.05) is 0 Å². The van der Waals surface area contributed by atoms with Crippen molar-refractivity contribution in [1.29, 1.82) is 0 Å². The van der Waals surface area contributed by atoms with E-state index < -0.39 is 0 Å². The van der Waals surface area contributed by atoms with Crippen LogP contribution in [-0.4, -0.2) is 14.2 Å². The Kier molecular flexibility index (Phi) is 3.76. The molecule has 0 N–H and O–H groups in total. The van der Waals surface area contributed by atoms with Gasteiger partial charge < -0.3 is 0 Å². The summed E-state index contributed by atoms with van der Waals surface area (Å²) in [4.78, 5) is 3.60. The summed E-state index contributed by atoms with van der Waals surface area (Å²) in [6.45, 7) is 2.98. The third-order valence-corrected chi connectivity index (χ3v) is 0.382. The van der Waals surface area contributed by atoms with Crippen molar-refractivity contribution in [3.05, 3.63) is 0 Å². The summed E-state index contributed by atoms with van der Waals surface area (Å²) < 4.78 is 0. The van der Waals surface area contributed by atoms with Crippen LogP contribution in [0.5, 0.6) is 0 Å². The van der Waals surface area contributed by atoms with Gasteiger partial charge in [-0.1, -0.05) is 0 Å². The van der Waals surface area contributed by atoms with Gasteiger partial charge >= 0.3 is 32.4 Å². The first kappa shape index (κ1) is 4.86. The van der Waals surface area contributed by atoms with E-state index >= 15 is 0 Å². The van der Waals surface area contributed by atoms with Crippen LogP contribution in [-0.2, 0) is 0 Å². The normalized spacial score (nSPS) is 7.20. The molecule has 0 aromatic rings. The van der Waals surface area contributed by atoms with Crippen LogP contribution in [0.3, 0.4) is 0 Å². The van der Waals surface area contributed by atoms with E-state index in [0.717, 1.165) is 13.0 Å². The van der Waals surface area contributed by atoms with Crippen molar-refractivity contribution in [3.63, 3.8) is 0 Å². The maximum atomic E-state index is 3.60. The Balaban J connectivity index is 2.40. The standard InChI is InChI=1S/C3H8BN/c1-2-3-5-4/h4H,2-3H2,1H3. The summed E-state index contributed by atoms with van der Waals surface area (Å²) in [5.74, 6) is 0. The molecule has 0 aromatic heterocycles. The molecular weight excluding hydrogens is 60.9 g/mol. The average Bonchev–Trinajstić information content (AvgIpc) is 1.41. The maximum absolute atomic E-state index is 3.60. The fraction of sp³-hybridized carbons (Fsp3) is 1.00. The van der Waals surface area contributed by atoms with Gasteiger partial charge in [0.05, 0.1) is 0 Å². The zero-order valence-corrected chi connectivity index (χ0v) is 3.57. The number of hydrogen-bond acceptors (Lipinski definition) is 1. The molecule has 0 aromatic carbocycles. The van der Waals surface area contributed by atoms with Gasteiger partial charge in [-0.05, 0) is 0 Å². The summed E-state index contributed by atoms with van der Waals surface area (Å²) in [5.41, 5.74) is 0. The second-order valence-electron chi connectivity index (χ2n) is 0.947. The third-order valence-electron chi connectivity index (χ3n) is 0.382. The van der Waals surface area contributed by atoms with E-state index in [9.17, 15) is 0 Å². The second-order valence-corrected chi connectivity index (χ2v) is 0.947. The topological polar surface area (TPSA) is 12.4 Å². The minimum absolute atomic E-state index is 0.903. The van der Waals surface area contributed by atoms with Crippen LogP contribution >= 0.6 is 0 Å². The summed E-state index contributed by atoms with van der Waals surface area (Å²) >= 11 is 0. The molecule has 0 bridgehead atoms. The molecule has 0 rings (SSSR count). The molecular formula is C3H8BN. The van der Waals surface area contributed by atoms with E-state index in [4.69, 9.17) is 0 Å². The van der Waals surface area contributed by atoms with E-state index in [-0.39, 0.29) is 0 Å². The Labute approximate surface area is 33.5 Å². The first-order chi connectivity index (χ1) is 2.41. The van der Waals surface area contributed by atoms with Crippen LogP contribution in [0.1, 0.15) is 13.3 Å². The minimum atomic E-state index is 0.903. The van der Waals surface area contributed by atoms with Crippen molar-refractivity contribution in [3.8, 4) is 0 Å². The molecule has 0 spiro atoms. The molecule has 0 radical (unpaired) electrons. The summed E-state index contributed by atoms with van der Waals surface area (Å²) in [5, 5.41) is 0.